The van der Waals surface area contributed by atoms with Crippen molar-refractivity contribution in [1.82, 2.24) is 0 Å². The lowest BCUT2D eigenvalue weighted by molar-refractivity contribution is 0.0843. The summed E-state index contributed by atoms with van der Waals surface area (Å²) in [6, 6.07) is 17.6. The second-order valence-electron chi connectivity index (χ2n) is 5.86. The SMILES string of the molecule is NC1=NN=C(N)C1C(CC(=O)c1ccccc1)C(=O)c1ccccc1. The van der Waals surface area contributed by atoms with Crippen LogP contribution in [0.3, 0.4) is 0 Å². The molecule has 0 saturated heterocycles. The second-order valence-corrected chi connectivity index (χ2v) is 5.86. The number of carbonyl (C=O) groups is 2. The van der Waals surface area contributed by atoms with E-state index in [-0.39, 0.29) is 29.7 Å². The molecule has 0 fully saturated rings. The number of Topliss-reactive ketones (excluding diaryl/α,β-unsaturated/α-hetero) is 2. The topological polar surface area (TPSA) is 111 Å². The fourth-order valence-corrected chi connectivity index (χ4v) is 2.92. The Hall–Kier alpha value is -3.28. The van der Waals surface area contributed by atoms with Crippen molar-refractivity contribution in [3.63, 3.8) is 0 Å². The third-order valence-corrected chi connectivity index (χ3v) is 4.22. The van der Waals surface area contributed by atoms with Crippen LogP contribution in [0, 0.1) is 11.8 Å². The minimum atomic E-state index is -0.745. The summed E-state index contributed by atoms with van der Waals surface area (Å²) in [5.41, 5.74) is 12.8. The molecule has 3 rings (SSSR count). The van der Waals surface area contributed by atoms with Crippen molar-refractivity contribution in [3.05, 3.63) is 71.8 Å². The molecule has 0 bridgehead atoms. The standard InChI is InChI=1S/C19H18N4O2/c20-18-16(19(21)23-22-18)14(17(25)13-9-5-2-6-10-13)11-15(24)12-7-3-1-4-8-12/h1-10,14,16H,11H2,(H2,20,22)(H2,21,23). The van der Waals surface area contributed by atoms with E-state index in [0.717, 1.165) is 0 Å². The Morgan fingerprint density at radius 1 is 0.840 bits per heavy atom. The summed E-state index contributed by atoms with van der Waals surface area (Å²) in [5, 5.41) is 7.54. The summed E-state index contributed by atoms with van der Waals surface area (Å²) in [7, 11) is 0. The molecule has 0 aromatic heterocycles. The van der Waals surface area contributed by atoms with E-state index in [1.807, 2.05) is 12.1 Å². The molecule has 6 heteroatoms. The van der Waals surface area contributed by atoms with E-state index in [2.05, 4.69) is 10.2 Å². The molecule has 1 unspecified atom stereocenters. The van der Waals surface area contributed by atoms with Gasteiger partial charge in [-0.2, -0.15) is 0 Å². The smallest absolute Gasteiger partial charge is 0.167 e. The van der Waals surface area contributed by atoms with Gasteiger partial charge >= 0.3 is 0 Å². The highest BCUT2D eigenvalue weighted by Gasteiger charge is 2.38. The summed E-state index contributed by atoms with van der Waals surface area (Å²) >= 11 is 0. The van der Waals surface area contributed by atoms with Gasteiger partial charge in [-0.3, -0.25) is 9.59 Å². The Morgan fingerprint density at radius 3 is 1.84 bits per heavy atom. The first kappa shape index (κ1) is 16.6. The molecule has 2 aromatic rings. The number of hydrogen-bond donors (Lipinski definition) is 2. The Balaban J connectivity index is 1.92. The summed E-state index contributed by atoms with van der Waals surface area (Å²) in [4.78, 5) is 25.7. The molecule has 0 radical (unpaired) electrons. The summed E-state index contributed by atoms with van der Waals surface area (Å²) in [5.74, 6) is -1.44. The van der Waals surface area contributed by atoms with Crippen molar-refractivity contribution in [2.45, 2.75) is 6.42 Å². The van der Waals surface area contributed by atoms with Crippen molar-refractivity contribution >= 4 is 23.2 Å². The van der Waals surface area contributed by atoms with Gasteiger partial charge in [0, 0.05) is 23.5 Å². The lowest BCUT2D eigenvalue weighted by Crippen LogP contribution is -2.41. The van der Waals surface area contributed by atoms with Crippen LogP contribution in [-0.2, 0) is 0 Å². The van der Waals surface area contributed by atoms with Crippen LogP contribution in [0.2, 0.25) is 0 Å². The van der Waals surface area contributed by atoms with E-state index in [9.17, 15) is 9.59 Å². The fourth-order valence-electron chi connectivity index (χ4n) is 2.92. The van der Waals surface area contributed by atoms with Crippen LogP contribution >= 0.6 is 0 Å². The Bertz CT molecular complexity index is 826. The molecule has 4 N–H and O–H groups in total. The number of carbonyl (C=O) groups excluding carboxylic acids is 2. The minimum Gasteiger partial charge on any atom is -0.385 e. The van der Waals surface area contributed by atoms with Gasteiger partial charge in [0.2, 0.25) is 0 Å². The van der Waals surface area contributed by atoms with E-state index in [1.165, 1.54) is 0 Å². The van der Waals surface area contributed by atoms with Gasteiger partial charge in [-0.1, -0.05) is 60.7 Å². The van der Waals surface area contributed by atoms with E-state index in [1.54, 1.807) is 48.5 Å². The van der Waals surface area contributed by atoms with Crippen molar-refractivity contribution in [1.29, 1.82) is 0 Å². The van der Waals surface area contributed by atoms with Crippen LogP contribution in [0.4, 0.5) is 0 Å². The lowest BCUT2D eigenvalue weighted by Gasteiger charge is -2.22. The molecular weight excluding hydrogens is 316 g/mol. The Kier molecular flexibility index (Phi) is 4.70. The molecule has 126 valence electrons. The lowest BCUT2D eigenvalue weighted by atomic mass is 9.80. The summed E-state index contributed by atoms with van der Waals surface area (Å²) in [6.07, 6.45) is -0.0190. The zero-order chi connectivity index (χ0) is 17.8. The van der Waals surface area contributed by atoms with Gasteiger partial charge in [0.15, 0.2) is 11.6 Å². The van der Waals surface area contributed by atoms with Crippen molar-refractivity contribution in [2.24, 2.45) is 33.5 Å². The van der Waals surface area contributed by atoms with Gasteiger partial charge < -0.3 is 11.5 Å². The van der Waals surface area contributed by atoms with Crippen LogP contribution in [0.25, 0.3) is 0 Å². The summed E-state index contributed by atoms with van der Waals surface area (Å²) < 4.78 is 0. The molecular formula is C19H18N4O2. The van der Waals surface area contributed by atoms with Gasteiger partial charge in [0.25, 0.3) is 0 Å². The third-order valence-electron chi connectivity index (χ3n) is 4.22. The molecule has 0 amide bonds. The zero-order valence-corrected chi connectivity index (χ0v) is 13.5. The first-order chi connectivity index (χ1) is 12.1. The molecule has 0 spiro atoms. The number of ketones is 2. The highest BCUT2D eigenvalue weighted by molar-refractivity contribution is 6.14. The highest BCUT2D eigenvalue weighted by Crippen LogP contribution is 2.26. The molecule has 0 aliphatic carbocycles. The van der Waals surface area contributed by atoms with E-state index in [0.29, 0.717) is 11.1 Å². The molecule has 1 atom stereocenters. The monoisotopic (exact) mass is 334 g/mol. The average Bonchev–Trinajstić information content (AvgIpc) is 2.99. The molecule has 25 heavy (non-hydrogen) atoms. The fraction of sp³-hybridized carbons (Fsp3) is 0.158. The number of hydrogen-bond acceptors (Lipinski definition) is 6. The number of benzene rings is 2. The molecule has 1 aliphatic heterocycles. The first-order valence-corrected chi connectivity index (χ1v) is 7.92. The average molecular weight is 334 g/mol. The quantitative estimate of drug-likeness (QED) is 0.787. The number of nitrogens with zero attached hydrogens (tertiary/aromatic N) is 2. The zero-order valence-electron chi connectivity index (χ0n) is 13.5. The van der Waals surface area contributed by atoms with Gasteiger partial charge in [-0.05, 0) is 0 Å². The largest absolute Gasteiger partial charge is 0.385 e. The maximum Gasteiger partial charge on any atom is 0.167 e. The van der Waals surface area contributed by atoms with Gasteiger partial charge in [-0.25, -0.2) is 0 Å². The minimum absolute atomic E-state index is 0.0190. The number of rotatable bonds is 6. The maximum atomic E-state index is 13.0. The van der Waals surface area contributed by atoms with Gasteiger partial charge in [-0.15, -0.1) is 10.2 Å². The molecule has 0 saturated carbocycles. The maximum absolute atomic E-state index is 13.0. The normalized spacial score (nSPS) is 15.4. The van der Waals surface area contributed by atoms with Crippen LogP contribution in [-0.4, -0.2) is 23.2 Å². The Labute approximate surface area is 145 Å². The molecule has 1 aliphatic rings. The second kappa shape index (κ2) is 7.09. The van der Waals surface area contributed by atoms with Crippen LogP contribution in [0.5, 0.6) is 0 Å². The third kappa shape index (κ3) is 3.47. The predicted molar refractivity (Wildman–Crippen MR) is 96.4 cm³/mol. The van der Waals surface area contributed by atoms with E-state index >= 15 is 0 Å². The first-order valence-electron chi connectivity index (χ1n) is 7.92. The van der Waals surface area contributed by atoms with Crippen LogP contribution in [0.15, 0.2) is 70.9 Å². The highest BCUT2D eigenvalue weighted by atomic mass is 16.1. The predicted octanol–water partition coefficient (Wildman–Crippen LogP) is 2.02. The van der Waals surface area contributed by atoms with Crippen molar-refractivity contribution in [2.75, 3.05) is 0 Å². The molecule has 1 heterocycles. The Morgan fingerprint density at radius 2 is 1.32 bits per heavy atom. The van der Waals surface area contributed by atoms with Gasteiger partial charge in [0.05, 0.1) is 5.92 Å². The molecule has 6 nitrogen and oxygen atoms in total. The molecule has 2 aromatic carbocycles. The van der Waals surface area contributed by atoms with Crippen molar-refractivity contribution in [3.8, 4) is 0 Å². The van der Waals surface area contributed by atoms with Crippen LogP contribution < -0.4 is 11.5 Å². The summed E-state index contributed by atoms with van der Waals surface area (Å²) in [6.45, 7) is 0. The number of nitrogens with two attached hydrogens (primary N) is 2. The van der Waals surface area contributed by atoms with Gasteiger partial charge in [0.1, 0.15) is 11.7 Å². The van der Waals surface area contributed by atoms with Crippen molar-refractivity contribution < 1.29 is 9.59 Å². The van der Waals surface area contributed by atoms with Crippen LogP contribution in [0.1, 0.15) is 27.1 Å². The van der Waals surface area contributed by atoms with E-state index < -0.39 is 11.8 Å². The van der Waals surface area contributed by atoms with E-state index in [4.69, 9.17) is 11.5 Å². The number of amidine groups is 2.